The molecule has 3 nitrogen and oxygen atoms in total. The van der Waals surface area contributed by atoms with E-state index in [-0.39, 0.29) is 16.7 Å². The minimum absolute atomic E-state index is 0.0317. The maximum absolute atomic E-state index is 12.3. The maximum Gasteiger partial charge on any atom is 0.236 e. The first-order chi connectivity index (χ1) is 9.51. The van der Waals surface area contributed by atoms with Crippen LogP contribution in [0.3, 0.4) is 0 Å². The molecule has 1 saturated heterocycles. The predicted octanol–water partition coefficient (Wildman–Crippen LogP) is 2.90. The summed E-state index contributed by atoms with van der Waals surface area (Å²) >= 11 is 1.74. The molecule has 1 aliphatic heterocycles. The first-order valence-corrected chi connectivity index (χ1v) is 8.18. The van der Waals surface area contributed by atoms with Gasteiger partial charge in [0.05, 0.1) is 10.9 Å². The second kappa shape index (κ2) is 6.64. The van der Waals surface area contributed by atoms with Crippen molar-refractivity contribution in [1.82, 2.24) is 5.32 Å². The van der Waals surface area contributed by atoms with Crippen LogP contribution in [0.2, 0.25) is 0 Å². The van der Waals surface area contributed by atoms with Crippen molar-refractivity contribution in [1.29, 1.82) is 0 Å². The smallest absolute Gasteiger partial charge is 0.236 e. The van der Waals surface area contributed by atoms with Crippen LogP contribution in [-0.2, 0) is 4.79 Å². The summed E-state index contributed by atoms with van der Waals surface area (Å²) in [5.41, 5.74) is 0.898. The first kappa shape index (κ1) is 15.4. The fraction of sp³-hybridized carbons (Fsp3) is 0.562. The molecule has 0 spiro atoms. The van der Waals surface area contributed by atoms with E-state index in [9.17, 15) is 9.90 Å². The van der Waals surface area contributed by atoms with Crippen LogP contribution >= 0.6 is 11.8 Å². The Hall–Kier alpha value is -1.000. The molecular formula is C16H23NO2S. The van der Waals surface area contributed by atoms with Crippen molar-refractivity contribution in [2.75, 3.05) is 5.75 Å². The van der Waals surface area contributed by atoms with Crippen molar-refractivity contribution in [2.24, 2.45) is 0 Å². The quantitative estimate of drug-likeness (QED) is 0.877. The van der Waals surface area contributed by atoms with E-state index >= 15 is 0 Å². The third-order valence-corrected chi connectivity index (χ3v) is 5.36. The molecule has 4 heteroatoms. The molecule has 0 radical (unpaired) electrons. The Bertz CT molecular complexity index is 443. The van der Waals surface area contributed by atoms with Gasteiger partial charge >= 0.3 is 0 Å². The molecule has 0 aliphatic carbocycles. The summed E-state index contributed by atoms with van der Waals surface area (Å²) in [4.78, 5) is 12.3. The number of carbonyl (C=O) groups excluding carboxylic acids is 1. The zero-order valence-electron chi connectivity index (χ0n) is 12.1. The number of rotatable bonds is 5. The normalized spacial score (nSPS) is 25.1. The fourth-order valence-electron chi connectivity index (χ4n) is 2.54. The van der Waals surface area contributed by atoms with E-state index in [1.165, 1.54) is 0 Å². The number of benzene rings is 1. The third-order valence-electron chi connectivity index (χ3n) is 3.84. The molecule has 1 fully saturated rings. The summed E-state index contributed by atoms with van der Waals surface area (Å²) in [6.45, 7) is 3.97. The maximum atomic E-state index is 12.3. The zero-order valence-corrected chi connectivity index (χ0v) is 13.0. The van der Waals surface area contributed by atoms with Crippen LogP contribution in [0.15, 0.2) is 30.3 Å². The van der Waals surface area contributed by atoms with Gasteiger partial charge in [-0.1, -0.05) is 30.3 Å². The van der Waals surface area contributed by atoms with Crippen LogP contribution in [-0.4, -0.2) is 27.6 Å². The molecule has 0 aromatic heterocycles. The van der Waals surface area contributed by atoms with Gasteiger partial charge in [-0.2, -0.15) is 0 Å². The second-order valence-corrected chi connectivity index (χ2v) is 7.32. The van der Waals surface area contributed by atoms with Gasteiger partial charge in [-0.05, 0) is 44.4 Å². The molecule has 1 aliphatic rings. The monoisotopic (exact) mass is 293 g/mol. The molecule has 0 saturated carbocycles. The number of hydrogen-bond donors (Lipinski definition) is 2. The van der Waals surface area contributed by atoms with Crippen molar-refractivity contribution in [3.63, 3.8) is 0 Å². The standard InChI is InChI=1S/C16H23NO2S/c1-12(11-14(18)13-7-4-3-5-8-13)17-15(19)16(2)9-6-10-20-16/h3-5,7-8,12,14,18H,6,9-11H2,1-2H3,(H,17,19). The van der Waals surface area contributed by atoms with E-state index in [1.807, 2.05) is 44.2 Å². The van der Waals surface area contributed by atoms with Crippen molar-refractivity contribution in [3.8, 4) is 0 Å². The Kier molecular flexibility index (Phi) is 5.11. The lowest BCUT2D eigenvalue weighted by Crippen LogP contribution is -2.44. The molecule has 2 N–H and O–H groups in total. The average molecular weight is 293 g/mol. The minimum Gasteiger partial charge on any atom is -0.388 e. The van der Waals surface area contributed by atoms with Gasteiger partial charge in [0.2, 0.25) is 5.91 Å². The molecule has 3 atom stereocenters. The summed E-state index contributed by atoms with van der Waals surface area (Å²) in [5, 5.41) is 13.2. The SMILES string of the molecule is CC(CC(O)c1ccccc1)NC(=O)C1(C)CCCS1. The van der Waals surface area contributed by atoms with E-state index in [0.717, 1.165) is 24.2 Å². The zero-order chi connectivity index (χ0) is 14.6. The number of nitrogens with one attached hydrogen (secondary N) is 1. The lowest BCUT2D eigenvalue weighted by atomic mass is 10.0. The molecule has 110 valence electrons. The molecule has 3 unspecified atom stereocenters. The molecular weight excluding hydrogens is 270 g/mol. The van der Waals surface area contributed by atoms with E-state index in [4.69, 9.17) is 0 Å². The van der Waals surface area contributed by atoms with Crippen LogP contribution in [0.4, 0.5) is 0 Å². The van der Waals surface area contributed by atoms with E-state index in [2.05, 4.69) is 5.32 Å². The Morgan fingerprint density at radius 1 is 1.45 bits per heavy atom. The topological polar surface area (TPSA) is 49.3 Å². The third kappa shape index (κ3) is 3.76. The highest BCUT2D eigenvalue weighted by Gasteiger charge is 2.37. The number of aliphatic hydroxyl groups excluding tert-OH is 1. The van der Waals surface area contributed by atoms with Crippen LogP contribution in [0.25, 0.3) is 0 Å². The molecule has 1 aromatic carbocycles. The minimum atomic E-state index is -0.532. The number of carbonyl (C=O) groups is 1. The molecule has 2 rings (SSSR count). The van der Waals surface area contributed by atoms with Crippen LogP contribution in [0.1, 0.15) is 44.8 Å². The Labute approximate surface area is 125 Å². The Balaban J connectivity index is 1.86. The fourth-order valence-corrected chi connectivity index (χ4v) is 3.76. The van der Waals surface area contributed by atoms with Gasteiger partial charge in [0.15, 0.2) is 0 Å². The molecule has 20 heavy (non-hydrogen) atoms. The van der Waals surface area contributed by atoms with Gasteiger partial charge < -0.3 is 10.4 Å². The highest BCUT2D eigenvalue weighted by Crippen LogP contribution is 2.38. The molecule has 1 amide bonds. The Morgan fingerprint density at radius 2 is 2.15 bits per heavy atom. The van der Waals surface area contributed by atoms with Crippen molar-refractivity contribution in [3.05, 3.63) is 35.9 Å². The van der Waals surface area contributed by atoms with Crippen molar-refractivity contribution < 1.29 is 9.90 Å². The van der Waals surface area contributed by atoms with Crippen LogP contribution in [0.5, 0.6) is 0 Å². The summed E-state index contributed by atoms with van der Waals surface area (Å²) in [6, 6.07) is 9.55. The van der Waals surface area contributed by atoms with Gasteiger partial charge in [0.1, 0.15) is 0 Å². The molecule has 1 heterocycles. The van der Waals surface area contributed by atoms with Gasteiger partial charge in [0, 0.05) is 6.04 Å². The van der Waals surface area contributed by atoms with Crippen LogP contribution in [0, 0.1) is 0 Å². The molecule has 0 bridgehead atoms. The summed E-state index contributed by atoms with van der Waals surface area (Å²) in [6.07, 6.45) is 2.05. The average Bonchev–Trinajstić information content (AvgIpc) is 2.88. The summed E-state index contributed by atoms with van der Waals surface area (Å²) in [5.74, 6) is 1.16. The van der Waals surface area contributed by atoms with Gasteiger partial charge in [-0.3, -0.25) is 4.79 Å². The number of aliphatic hydroxyl groups is 1. The highest BCUT2D eigenvalue weighted by molar-refractivity contribution is 8.01. The van der Waals surface area contributed by atoms with Gasteiger partial charge in [0.25, 0.3) is 0 Å². The van der Waals surface area contributed by atoms with E-state index in [0.29, 0.717) is 6.42 Å². The summed E-state index contributed by atoms with van der Waals surface area (Å²) in [7, 11) is 0. The van der Waals surface area contributed by atoms with E-state index in [1.54, 1.807) is 11.8 Å². The number of hydrogen-bond acceptors (Lipinski definition) is 3. The summed E-state index contributed by atoms with van der Waals surface area (Å²) < 4.78 is -0.286. The first-order valence-electron chi connectivity index (χ1n) is 7.19. The largest absolute Gasteiger partial charge is 0.388 e. The number of thioether (sulfide) groups is 1. The van der Waals surface area contributed by atoms with Crippen molar-refractivity contribution in [2.45, 2.75) is 50.0 Å². The van der Waals surface area contributed by atoms with E-state index < -0.39 is 6.10 Å². The van der Waals surface area contributed by atoms with Gasteiger partial charge in [-0.25, -0.2) is 0 Å². The number of amides is 1. The second-order valence-electron chi connectivity index (χ2n) is 5.72. The molecule has 1 aromatic rings. The lowest BCUT2D eigenvalue weighted by molar-refractivity contribution is -0.123. The lowest BCUT2D eigenvalue weighted by Gasteiger charge is -2.25. The van der Waals surface area contributed by atoms with Gasteiger partial charge in [-0.15, -0.1) is 11.8 Å². The van der Waals surface area contributed by atoms with Crippen molar-refractivity contribution >= 4 is 17.7 Å². The van der Waals surface area contributed by atoms with Crippen LogP contribution < -0.4 is 5.32 Å². The highest BCUT2D eigenvalue weighted by atomic mass is 32.2. The predicted molar refractivity (Wildman–Crippen MR) is 83.7 cm³/mol. The Morgan fingerprint density at radius 3 is 2.75 bits per heavy atom.